The first kappa shape index (κ1) is 11.1. The van der Waals surface area contributed by atoms with E-state index in [1.807, 2.05) is 6.07 Å². The van der Waals surface area contributed by atoms with E-state index in [-0.39, 0.29) is 11.9 Å². The van der Waals surface area contributed by atoms with Crippen LogP contribution in [-0.4, -0.2) is 45.2 Å². The van der Waals surface area contributed by atoms with Crippen LogP contribution in [0.1, 0.15) is 12.2 Å². The summed E-state index contributed by atoms with van der Waals surface area (Å²) in [5, 5.41) is 20.6. The Morgan fingerprint density at radius 3 is 3.18 bits per heavy atom. The van der Waals surface area contributed by atoms with Crippen LogP contribution in [0.15, 0.2) is 12.3 Å². The fourth-order valence-electron chi connectivity index (χ4n) is 1.75. The first-order chi connectivity index (χ1) is 8.19. The summed E-state index contributed by atoms with van der Waals surface area (Å²) in [6.45, 7) is 0.949. The normalized spacial score (nSPS) is 18.8. The van der Waals surface area contributed by atoms with Crippen LogP contribution < -0.4 is 5.32 Å². The largest absolute Gasteiger partial charge is 0.465 e. The molecule has 0 saturated carbocycles. The molecule has 0 aromatic carbocycles. The maximum Gasteiger partial charge on any atom is 0.407 e. The number of carboxylic acid groups (broad SMARTS) is 1. The molecule has 0 spiro atoms. The highest BCUT2D eigenvalue weighted by Crippen LogP contribution is 2.14. The third kappa shape index (κ3) is 2.60. The molecule has 1 aromatic rings. The van der Waals surface area contributed by atoms with Crippen molar-refractivity contribution in [3.05, 3.63) is 18.1 Å². The Kier molecular flexibility index (Phi) is 3.05. The zero-order valence-corrected chi connectivity index (χ0v) is 9.00. The lowest BCUT2D eigenvalue weighted by Gasteiger charge is -2.14. The van der Waals surface area contributed by atoms with Crippen molar-refractivity contribution in [1.29, 1.82) is 5.26 Å². The molecule has 1 aliphatic rings. The molecule has 1 fully saturated rings. The van der Waals surface area contributed by atoms with Gasteiger partial charge in [-0.15, -0.1) is 0 Å². The number of anilines is 1. The van der Waals surface area contributed by atoms with Crippen LogP contribution in [0.4, 0.5) is 10.6 Å². The van der Waals surface area contributed by atoms with Gasteiger partial charge in [-0.2, -0.15) is 5.26 Å². The predicted octanol–water partition coefficient (Wildman–Crippen LogP) is 0.512. The number of nitrogens with zero attached hydrogens (tertiary/aromatic N) is 4. The molecule has 88 valence electrons. The second-order valence-corrected chi connectivity index (χ2v) is 3.74. The highest BCUT2D eigenvalue weighted by atomic mass is 16.4. The number of amides is 1. The molecule has 0 bridgehead atoms. The van der Waals surface area contributed by atoms with E-state index in [0.717, 1.165) is 6.42 Å². The monoisotopic (exact) mass is 233 g/mol. The predicted molar refractivity (Wildman–Crippen MR) is 58.4 cm³/mol. The van der Waals surface area contributed by atoms with Crippen molar-refractivity contribution in [3.63, 3.8) is 0 Å². The molecule has 1 aromatic heterocycles. The maximum atomic E-state index is 10.7. The number of aromatic nitrogens is 2. The molecule has 0 unspecified atom stereocenters. The third-order valence-electron chi connectivity index (χ3n) is 2.57. The topological polar surface area (TPSA) is 102 Å². The van der Waals surface area contributed by atoms with Gasteiger partial charge in [0.1, 0.15) is 11.9 Å². The van der Waals surface area contributed by atoms with Crippen molar-refractivity contribution in [2.75, 3.05) is 18.4 Å². The van der Waals surface area contributed by atoms with Gasteiger partial charge in [0, 0.05) is 25.3 Å². The molecule has 17 heavy (non-hydrogen) atoms. The number of carbonyl (C=O) groups is 1. The highest BCUT2D eigenvalue weighted by Gasteiger charge is 2.25. The second-order valence-electron chi connectivity index (χ2n) is 3.74. The first-order valence-corrected chi connectivity index (χ1v) is 5.16. The molecular formula is C10H11N5O2. The first-order valence-electron chi connectivity index (χ1n) is 5.16. The minimum Gasteiger partial charge on any atom is -0.465 e. The van der Waals surface area contributed by atoms with E-state index in [1.165, 1.54) is 11.1 Å². The summed E-state index contributed by atoms with van der Waals surface area (Å²) in [6, 6.07) is 3.54. The van der Waals surface area contributed by atoms with Crippen molar-refractivity contribution in [3.8, 4) is 6.07 Å². The van der Waals surface area contributed by atoms with Gasteiger partial charge in [0.25, 0.3) is 0 Å². The van der Waals surface area contributed by atoms with Gasteiger partial charge in [0.05, 0.1) is 0 Å². The standard InChI is InChI=1S/C10H11N5O2/c11-5-9-12-3-1-8(14-9)13-7-2-4-15(6-7)10(16)17/h1,3,7H,2,4,6H2,(H,16,17)(H,12,13,14)/t7-/m1/s1. The average Bonchev–Trinajstić information content (AvgIpc) is 2.78. The lowest BCUT2D eigenvalue weighted by atomic mass is 10.2. The molecule has 2 rings (SSSR count). The molecule has 0 radical (unpaired) electrons. The quantitative estimate of drug-likeness (QED) is 0.771. The van der Waals surface area contributed by atoms with Crippen LogP contribution in [0.3, 0.4) is 0 Å². The fraction of sp³-hybridized carbons (Fsp3) is 0.400. The Hall–Kier alpha value is -2.36. The Balaban J connectivity index is 1.98. The molecule has 1 atom stereocenters. The smallest absolute Gasteiger partial charge is 0.407 e. The summed E-state index contributed by atoms with van der Waals surface area (Å²) in [4.78, 5) is 19.8. The molecule has 7 nitrogen and oxygen atoms in total. The SMILES string of the molecule is N#Cc1nccc(N[C@@H]2CCN(C(=O)O)C2)n1. The van der Waals surface area contributed by atoms with Gasteiger partial charge in [0.15, 0.2) is 0 Å². The molecule has 2 heterocycles. The van der Waals surface area contributed by atoms with E-state index >= 15 is 0 Å². The zero-order valence-electron chi connectivity index (χ0n) is 9.00. The van der Waals surface area contributed by atoms with Crippen LogP contribution in [0.5, 0.6) is 0 Å². The minimum absolute atomic E-state index is 0.0348. The molecule has 1 amide bonds. The average molecular weight is 233 g/mol. The number of nitrogens with one attached hydrogen (secondary N) is 1. The Labute approximate surface area is 97.7 Å². The van der Waals surface area contributed by atoms with E-state index in [1.54, 1.807) is 6.07 Å². The summed E-state index contributed by atoms with van der Waals surface area (Å²) < 4.78 is 0. The number of hydrogen-bond donors (Lipinski definition) is 2. The van der Waals surface area contributed by atoms with Gasteiger partial charge in [-0.3, -0.25) is 0 Å². The molecule has 1 saturated heterocycles. The number of nitriles is 1. The van der Waals surface area contributed by atoms with Crippen molar-refractivity contribution >= 4 is 11.9 Å². The van der Waals surface area contributed by atoms with Crippen LogP contribution in [0.25, 0.3) is 0 Å². The van der Waals surface area contributed by atoms with Crippen molar-refractivity contribution in [2.45, 2.75) is 12.5 Å². The fourth-order valence-corrected chi connectivity index (χ4v) is 1.75. The summed E-state index contributed by atoms with van der Waals surface area (Å²) in [7, 11) is 0. The lowest BCUT2D eigenvalue weighted by Crippen LogP contribution is -2.30. The van der Waals surface area contributed by atoms with Gasteiger partial charge in [-0.1, -0.05) is 0 Å². The van der Waals surface area contributed by atoms with Gasteiger partial charge in [-0.05, 0) is 12.5 Å². The van der Waals surface area contributed by atoms with Crippen molar-refractivity contribution < 1.29 is 9.90 Å². The minimum atomic E-state index is -0.908. The van der Waals surface area contributed by atoms with Gasteiger partial charge in [-0.25, -0.2) is 14.8 Å². The zero-order chi connectivity index (χ0) is 12.3. The van der Waals surface area contributed by atoms with Gasteiger partial charge in [0.2, 0.25) is 5.82 Å². The Bertz CT molecular complexity index is 470. The summed E-state index contributed by atoms with van der Waals surface area (Å²) >= 11 is 0. The van der Waals surface area contributed by atoms with Crippen LogP contribution in [0, 0.1) is 11.3 Å². The Morgan fingerprint density at radius 2 is 2.53 bits per heavy atom. The second kappa shape index (κ2) is 4.65. The maximum absolute atomic E-state index is 10.7. The van der Waals surface area contributed by atoms with Crippen LogP contribution in [0.2, 0.25) is 0 Å². The highest BCUT2D eigenvalue weighted by molar-refractivity contribution is 5.65. The Morgan fingerprint density at radius 1 is 1.71 bits per heavy atom. The van der Waals surface area contributed by atoms with Crippen molar-refractivity contribution in [1.82, 2.24) is 14.9 Å². The molecule has 1 aliphatic heterocycles. The lowest BCUT2D eigenvalue weighted by molar-refractivity contribution is 0.155. The van der Waals surface area contributed by atoms with Gasteiger partial charge < -0.3 is 15.3 Å². The van der Waals surface area contributed by atoms with E-state index in [4.69, 9.17) is 10.4 Å². The number of hydrogen-bond acceptors (Lipinski definition) is 5. The van der Waals surface area contributed by atoms with Crippen molar-refractivity contribution in [2.24, 2.45) is 0 Å². The third-order valence-corrected chi connectivity index (χ3v) is 2.57. The van der Waals surface area contributed by atoms with Crippen LogP contribution in [-0.2, 0) is 0 Å². The summed E-state index contributed by atoms with van der Waals surface area (Å²) in [5.41, 5.74) is 0. The van der Waals surface area contributed by atoms with E-state index < -0.39 is 6.09 Å². The summed E-state index contributed by atoms with van der Waals surface area (Å²) in [6.07, 6.45) is 1.32. The van der Waals surface area contributed by atoms with E-state index in [0.29, 0.717) is 18.9 Å². The number of rotatable bonds is 2. The molecule has 7 heteroatoms. The van der Waals surface area contributed by atoms with E-state index in [2.05, 4.69) is 15.3 Å². The molecule has 0 aliphatic carbocycles. The summed E-state index contributed by atoms with van der Waals surface area (Å²) in [5.74, 6) is 0.650. The molecule has 2 N–H and O–H groups in total. The van der Waals surface area contributed by atoms with E-state index in [9.17, 15) is 4.79 Å². The van der Waals surface area contributed by atoms with Crippen LogP contribution >= 0.6 is 0 Å². The van der Waals surface area contributed by atoms with Gasteiger partial charge >= 0.3 is 6.09 Å². The number of likely N-dealkylation sites (tertiary alicyclic amines) is 1. The molecular weight excluding hydrogens is 222 g/mol.